The Hall–Kier alpha value is -1.43. The molecule has 6 heteroatoms. The number of piperazine rings is 1. The zero-order valence-electron chi connectivity index (χ0n) is 9.21. The highest BCUT2D eigenvalue weighted by Gasteiger charge is 2.41. The molecular formula is C10H15N3O3. The van der Waals surface area contributed by atoms with Crippen molar-refractivity contribution >= 4 is 17.7 Å². The molecule has 2 heterocycles. The molecule has 0 aromatic carbocycles. The lowest BCUT2D eigenvalue weighted by molar-refractivity contribution is -0.148. The third kappa shape index (κ3) is 1.92. The third-order valence-corrected chi connectivity index (χ3v) is 3.08. The highest BCUT2D eigenvalue weighted by molar-refractivity contribution is 6.03. The Morgan fingerprint density at radius 3 is 2.44 bits per heavy atom. The van der Waals surface area contributed by atoms with Crippen LogP contribution in [-0.2, 0) is 14.4 Å². The predicted molar refractivity (Wildman–Crippen MR) is 55.4 cm³/mol. The number of carbonyl (C=O) groups is 3. The number of hydrogen-bond donors (Lipinski definition) is 2. The van der Waals surface area contributed by atoms with E-state index in [9.17, 15) is 14.4 Å². The molecular weight excluding hydrogens is 210 g/mol. The molecule has 6 nitrogen and oxygen atoms in total. The van der Waals surface area contributed by atoms with Gasteiger partial charge in [0.25, 0.3) is 0 Å². The van der Waals surface area contributed by atoms with Crippen LogP contribution in [0.2, 0.25) is 0 Å². The molecule has 3 amide bonds. The molecule has 2 aliphatic heterocycles. The smallest absolute Gasteiger partial charge is 0.246 e. The highest BCUT2D eigenvalue weighted by Crippen LogP contribution is 2.21. The van der Waals surface area contributed by atoms with E-state index in [4.69, 9.17) is 0 Å². The molecule has 1 unspecified atom stereocenters. The van der Waals surface area contributed by atoms with Gasteiger partial charge in [0.05, 0.1) is 5.54 Å². The zero-order valence-corrected chi connectivity index (χ0v) is 9.21. The van der Waals surface area contributed by atoms with E-state index in [-0.39, 0.29) is 19.0 Å². The summed E-state index contributed by atoms with van der Waals surface area (Å²) in [6.45, 7) is 2.57. The van der Waals surface area contributed by atoms with Gasteiger partial charge in [-0.05, 0) is 26.3 Å². The van der Waals surface area contributed by atoms with Crippen molar-refractivity contribution in [1.82, 2.24) is 15.5 Å². The van der Waals surface area contributed by atoms with Crippen molar-refractivity contribution < 1.29 is 14.4 Å². The van der Waals surface area contributed by atoms with E-state index >= 15 is 0 Å². The van der Waals surface area contributed by atoms with Crippen LogP contribution in [0.3, 0.4) is 0 Å². The summed E-state index contributed by atoms with van der Waals surface area (Å²) in [5, 5.41) is 5.30. The Labute approximate surface area is 93.4 Å². The van der Waals surface area contributed by atoms with Crippen molar-refractivity contribution in [3.8, 4) is 0 Å². The van der Waals surface area contributed by atoms with E-state index in [0.29, 0.717) is 0 Å². The van der Waals surface area contributed by atoms with Crippen molar-refractivity contribution in [2.75, 3.05) is 19.6 Å². The number of imide groups is 1. The van der Waals surface area contributed by atoms with Gasteiger partial charge in [0.1, 0.15) is 13.1 Å². The molecule has 0 saturated carbocycles. The quantitative estimate of drug-likeness (QED) is 0.539. The van der Waals surface area contributed by atoms with Gasteiger partial charge in [-0.25, -0.2) is 0 Å². The first-order valence-electron chi connectivity index (χ1n) is 5.38. The van der Waals surface area contributed by atoms with Gasteiger partial charge in [-0.1, -0.05) is 0 Å². The summed E-state index contributed by atoms with van der Waals surface area (Å²) in [5.74, 6) is -0.981. The molecule has 0 spiro atoms. The summed E-state index contributed by atoms with van der Waals surface area (Å²) in [6, 6.07) is 0. The highest BCUT2D eigenvalue weighted by atomic mass is 16.2. The lowest BCUT2D eigenvalue weighted by Gasteiger charge is -2.33. The van der Waals surface area contributed by atoms with Crippen LogP contribution in [0, 0.1) is 0 Å². The van der Waals surface area contributed by atoms with E-state index in [2.05, 4.69) is 10.6 Å². The molecule has 0 bridgehead atoms. The molecule has 2 aliphatic rings. The van der Waals surface area contributed by atoms with Crippen molar-refractivity contribution in [2.24, 2.45) is 0 Å². The van der Waals surface area contributed by atoms with E-state index in [1.54, 1.807) is 0 Å². The average Bonchev–Trinajstić information content (AvgIpc) is 2.64. The second-order valence-corrected chi connectivity index (χ2v) is 4.50. The molecule has 16 heavy (non-hydrogen) atoms. The SMILES string of the molecule is CC1(C(=O)N2CC(=O)NC(=O)C2)CCCN1. The van der Waals surface area contributed by atoms with Crippen LogP contribution < -0.4 is 10.6 Å². The number of nitrogens with zero attached hydrogens (tertiary/aromatic N) is 1. The Morgan fingerprint density at radius 2 is 1.94 bits per heavy atom. The van der Waals surface area contributed by atoms with Gasteiger partial charge in [-0.15, -0.1) is 0 Å². The minimum absolute atomic E-state index is 0.0259. The summed E-state index contributed by atoms with van der Waals surface area (Å²) < 4.78 is 0. The van der Waals surface area contributed by atoms with Crippen LogP contribution >= 0.6 is 0 Å². The fourth-order valence-electron chi connectivity index (χ4n) is 2.21. The number of carbonyl (C=O) groups excluding carboxylic acids is 3. The van der Waals surface area contributed by atoms with Crippen LogP contribution in [-0.4, -0.2) is 47.8 Å². The first-order valence-corrected chi connectivity index (χ1v) is 5.38. The second kappa shape index (κ2) is 3.86. The van der Waals surface area contributed by atoms with Crippen LogP contribution in [0.5, 0.6) is 0 Å². The van der Waals surface area contributed by atoms with E-state index in [1.807, 2.05) is 6.92 Å². The van der Waals surface area contributed by atoms with Gasteiger partial charge in [-0.3, -0.25) is 19.7 Å². The summed E-state index contributed by atoms with van der Waals surface area (Å²) in [5.41, 5.74) is -0.613. The molecule has 0 aromatic heterocycles. The summed E-state index contributed by atoms with van der Waals surface area (Å²) in [7, 11) is 0. The largest absolute Gasteiger partial charge is 0.322 e. The number of amides is 3. The van der Waals surface area contributed by atoms with Gasteiger partial charge < -0.3 is 10.2 Å². The minimum Gasteiger partial charge on any atom is -0.322 e. The van der Waals surface area contributed by atoms with Crippen molar-refractivity contribution in [3.63, 3.8) is 0 Å². The van der Waals surface area contributed by atoms with Crippen molar-refractivity contribution in [1.29, 1.82) is 0 Å². The molecule has 0 aromatic rings. The van der Waals surface area contributed by atoms with E-state index in [0.717, 1.165) is 19.4 Å². The Bertz CT molecular complexity index is 331. The van der Waals surface area contributed by atoms with Crippen LogP contribution in [0.1, 0.15) is 19.8 Å². The Balaban J connectivity index is 2.09. The minimum atomic E-state index is -0.613. The van der Waals surface area contributed by atoms with Crippen LogP contribution in [0.15, 0.2) is 0 Å². The van der Waals surface area contributed by atoms with Gasteiger partial charge in [0.2, 0.25) is 17.7 Å². The van der Waals surface area contributed by atoms with Gasteiger partial charge in [0.15, 0.2) is 0 Å². The first kappa shape index (κ1) is 11.1. The van der Waals surface area contributed by atoms with Gasteiger partial charge in [0, 0.05) is 0 Å². The Kier molecular flexibility index (Phi) is 2.67. The van der Waals surface area contributed by atoms with Crippen LogP contribution in [0.25, 0.3) is 0 Å². The van der Waals surface area contributed by atoms with Crippen molar-refractivity contribution in [3.05, 3.63) is 0 Å². The van der Waals surface area contributed by atoms with E-state index < -0.39 is 17.4 Å². The summed E-state index contributed by atoms with van der Waals surface area (Å²) in [6.07, 6.45) is 1.69. The lowest BCUT2D eigenvalue weighted by Crippen LogP contribution is -2.60. The molecule has 1 atom stereocenters. The fraction of sp³-hybridized carbons (Fsp3) is 0.700. The first-order chi connectivity index (χ1) is 7.51. The predicted octanol–water partition coefficient (Wildman–Crippen LogP) is -1.39. The number of hydrogen-bond acceptors (Lipinski definition) is 4. The maximum Gasteiger partial charge on any atom is 0.246 e. The van der Waals surface area contributed by atoms with Crippen molar-refractivity contribution in [2.45, 2.75) is 25.3 Å². The third-order valence-electron chi connectivity index (χ3n) is 3.08. The normalized spacial score (nSPS) is 30.4. The van der Waals surface area contributed by atoms with Gasteiger partial charge in [-0.2, -0.15) is 0 Å². The van der Waals surface area contributed by atoms with Gasteiger partial charge >= 0.3 is 0 Å². The second-order valence-electron chi connectivity index (χ2n) is 4.50. The average molecular weight is 225 g/mol. The fourth-order valence-corrected chi connectivity index (χ4v) is 2.21. The van der Waals surface area contributed by atoms with Crippen LogP contribution in [0.4, 0.5) is 0 Å². The molecule has 2 rings (SSSR count). The topological polar surface area (TPSA) is 78.5 Å². The Morgan fingerprint density at radius 1 is 1.31 bits per heavy atom. The zero-order chi connectivity index (χ0) is 11.8. The maximum atomic E-state index is 12.1. The summed E-state index contributed by atoms with van der Waals surface area (Å²) in [4.78, 5) is 35.8. The monoisotopic (exact) mass is 225 g/mol. The molecule has 2 saturated heterocycles. The number of nitrogens with one attached hydrogen (secondary N) is 2. The molecule has 0 radical (unpaired) electrons. The van der Waals surface area contributed by atoms with E-state index in [1.165, 1.54) is 4.90 Å². The summed E-state index contributed by atoms with van der Waals surface area (Å²) >= 11 is 0. The molecule has 2 fully saturated rings. The molecule has 0 aliphatic carbocycles. The molecule has 2 N–H and O–H groups in total. The maximum absolute atomic E-state index is 12.1. The lowest BCUT2D eigenvalue weighted by atomic mass is 9.98. The number of rotatable bonds is 1. The standard InChI is InChI=1S/C10H15N3O3/c1-10(3-2-4-11-10)9(16)13-5-7(14)12-8(15)6-13/h11H,2-6H2,1H3,(H,12,14,15). The molecule has 88 valence electrons.